The number of urea groups is 2. The zero-order chi connectivity index (χ0) is 36.1. The number of Topliss-reactive ketones (excluding diaryl/α,β-unsaturated/α-hetero) is 1. The van der Waals surface area contributed by atoms with E-state index in [0.717, 1.165) is 12.8 Å². The molecule has 0 spiro atoms. The quantitative estimate of drug-likeness (QED) is 0.233. The Morgan fingerprint density at radius 1 is 0.917 bits per heavy atom. The highest BCUT2D eigenvalue weighted by Crippen LogP contribution is 2.65. The topological polar surface area (TPSA) is 160 Å². The minimum atomic E-state index is -0.964. The van der Waals surface area contributed by atoms with Gasteiger partial charge in [0.1, 0.15) is 12.1 Å². The number of rotatable bonds is 12. The molecule has 2 aliphatic carbocycles. The van der Waals surface area contributed by atoms with E-state index in [4.69, 9.17) is 0 Å². The number of likely N-dealkylation sites (tertiary alicyclic amines) is 1. The lowest BCUT2D eigenvalue weighted by molar-refractivity contribution is -0.145. The van der Waals surface area contributed by atoms with Gasteiger partial charge in [-0.1, -0.05) is 68.2 Å². The highest BCUT2D eigenvalue weighted by atomic mass is 16.2. The van der Waals surface area contributed by atoms with Gasteiger partial charge in [0.25, 0.3) is 5.91 Å². The number of hydrogen-bond acceptors (Lipinski definition) is 6. The number of fused-ring (bicyclic) bond motifs is 1. The van der Waals surface area contributed by atoms with E-state index in [1.54, 1.807) is 9.80 Å². The van der Waals surface area contributed by atoms with Crippen LogP contribution < -0.4 is 21.3 Å². The first-order chi connectivity index (χ1) is 22.1. The summed E-state index contributed by atoms with van der Waals surface area (Å²) in [5, 5.41) is 11.2. The van der Waals surface area contributed by atoms with Crippen molar-refractivity contribution in [2.24, 2.45) is 34.0 Å². The van der Waals surface area contributed by atoms with Gasteiger partial charge in [-0.2, -0.15) is 0 Å². The van der Waals surface area contributed by atoms with Crippen LogP contribution in [0.3, 0.4) is 0 Å². The first-order valence-electron chi connectivity index (χ1n) is 17.6. The lowest BCUT2D eigenvalue weighted by Crippen LogP contribution is -2.62. The molecule has 4 rings (SSSR count). The Bertz CT molecular complexity index is 1300. The molecule has 13 nitrogen and oxygen atoms in total. The van der Waals surface area contributed by atoms with E-state index in [2.05, 4.69) is 35.1 Å². The van der Waals surface area contributed by atoms with Gasteiger partial charge in [-0.15, -0.1) is 0 Å². The Kier molecular flexibility index (Phi) is 10.5. The van der Waals surface area contributed by atoms with Gasteiger partial charge in [0.15, 0.2) is 0 Å². The van der Waals surface area contributed by atoms with E-state index >= 15 is 0 Å². The third-order valence-corrected chi connectivity index (χ3v) is 11.0. The summed E-state index contributed by atoms with van der Waals surface area (Å²) in [5.74, 6) is -2.00. The Morgan fingerprint density at radius 3 is 2.04 bits per heavy atom. The summed E-state index contributed by atoms with van der Waals surface area (Å²) in [6.45, 7) is 21.6. The SMILES string of the molecule is CNC(=O)C(=O)C(CC1CC1)NC(=O)[C@@H]1C2C(CN1C(=O)[C@@H](NC(=O)N[C@H](CN1CCN(C(C)C)C1=O)C(C)(C)C)C(C)(C)C)C2(C)C. The molecular formula is C35H59N7O6. The maximum Gasteiger partial charge on any atom is 0.320 e. The Balaban J connectivity index is 1.51. The molecule has 3 unspecified atom stereocenters. The van der Waals surface area contributed by atoms with E-state index in [0.29, 0.717) is 32.6 Å². The summed E-state index contributed by atoms with van der Waals surface area (Å²) < 4.78 is 0. The average molecular weight is 674 g/mol. The smallest absolute Gasteiger partial charge is 0.320 e. The van der Waals surface area contributed by atoms with Crippen LogP contribution in [0.4, 0.5) is 9.59 Å². The van der Waals surface area contributed by atoms with Crippen LogP contribution in [0.25, 0.3) is 0 Å². The van der Waals surface area contributed by atoms with Crippen molar-refractivity contribution in [3.8, 4) is 0 Å². The number of nitrogens with one attached hydrogen (secondary N) is 4. The predicted octanol–water partition coefficient (Wildman–Crippen LogP) is 2.34. The predicted molar refractivity (Wildman–Crippen MR) is 182 cm³/mol. The number of amides is 7. The van der Waals surface area contributed by atoms with Crippen LogP contribution in [-0.2, 0) is 19.2 Å². The van der Waals surface area contributed by atoms with Gasteiger partial charge >= 0.3 is 12.1 Å². The fourth-order valence-corrected chi connectivity index (χ4v) is 7.42. The van der Waals surface area contributed by atoms with E-state index in [1.807, 2.05) is 60.3 Å². The molecule has 2 saturated carbocycles. The fraction of sp³-hybridized carbons (Fsp3) is 0.829. The lowest BCUT2D eigenvalue weighted by Gasteiger charge is -2.39. The third-order valence-electron chi connectivity index (χ3n) is 11.0. The van der Waals surface area contributed by atoms with E-state index in [9.17, 15) is 28.8 Å². The second-order valence-electron chi connectivity index (χ2n) is 17.4. The summed E-state index contributed by atoms with van der Waals surface area (Å²) in [5.41, 5.74) is -1.27. The Hall–Kier alpha value is -3.38. The van der Waals surface area contributed by atoms with Crippen molar-refractivity contribution in [3.63, 3.8) is 0 Å². The van der Waals surface area contributed by atoms with Gasteiger partial charge in [0.05, 0.1) is 12.1 Å². The van der Waals surface area contributed by atoms with E-state index < -0.39 is 58.6 Å². The molecule has 2 aliphatic heterocycles. The minimum absolute atomic E-state index is 0.0551. The molecular weight excluding hydrogens is 614 g/mol. The summed E-state index contributed by atoms with van der Waals surface area (Å²) in [6.07, 6.45) is 2.28. The van der Waals surface area contributed by atoms with E-state index in [-0.39, 0.29) is 41.1 Å². The third kappa shape index (κ3) is 7.91. The average Bonchev–Trinajstić information content (AvgIpc) is 3.76. The number of piperidine rings is 1. The van der Waals surface area contributed by atoms with Crippen molar-refractivity contribution in [2.45, 2.75) is 119 Å². The normalized spacial score (nSPS) is 25.3. The molecule has 7 amide bonds. The van der Waals surface area contributed by atoms with Gasteiger partial charge in [0.2, 0.25) is 17.6 Å². The van der Waals surface area contributed by atoms with Crippen LogP contribution in [0.2, 0.25) is 0 Å². The molecule has 4 N–H and O–H groups in total. The zero-order valence-electron chi connectivity index (χ0n) is 30.9. The number of nitrogens with zero attached hydrogens (tertiary/aromatic N) is 3. The summed E-state index contributed by atoms with van der Waals surface area (Å²) >= 11 is 0. The molecule has 4 aliphatic rings. The highest BCUT2D eigenvalue weighted by Gasteiger charge is 2.70. The summed E-state index contributed by atoms with van der Waals surface area (Å²) in [7, 11) is 1.39. The van der Waals surface area contributed by atoms with Crippen LogP contribution in [0.1, 0.15) is 88.5 Å². The van der Waals surface area contributed by atoms with Gasteiger partial charge in [-0.3, -0.25) is 19.2 Å². The molecule has 4 fully saturated rings. The van der Waals surface area contributed by atoms with Crippen LogP contribution in [0.5, 0.6) is 0 Å². The fourth-order valence-electron chi connectivity index (χ4n) is 7.42. The highest BCUT2D eigenvalue weighted by molar-refractivity contribution is 6.38. The van der Waals surface area contributed by atoms with Crippen molar-refractivity contribution in [1.29, 1.82) is 0 Å². The first kappa shape index (κ1) is 37.4. The van der Waals surface area contributed by atoms with Crippen molar-refractivity contribution in [3.05, 3.63) is 0 Å². The number of ketones is 1. The minimum Gasteiger partial charge on any atom is -0.353 e. The van der Waals surface area contributed by atoms with Crippen LogP contribution in [0.15, 0.2) is 0 Å². The van der Waals surface area contributed by atoms with Gasteiger partial charge in [0, 0.05) is 39.3 Å². The van der Waals surface area contributed by atoms with Crippen LogP contribution in [0, 0.1) is 34.0 Å². The Labute approximate surface area is 286 Å². The molecule has 2 heterocycles. The second-order valence-corrected chi connectivity index (χ2v) is 17.4. The van der Waals surface area contributed by atoms with Crippen molar-refractivity contribution in [1.82, 2.24) is 36.0 Å². The zero-order valence-corrected chi connectivity index (χ0v) is 30.9. The maximum absolute atomic E-state index is 14.4. The standard InChI is InChI=1S/C35H59N7O6/c1-19(2)41-15-14-40(32(41)48)18-23(33(3,4)5)38-31(47)39-27(34(6,7)8)30(46)42-17-21-24(35(21,9)10)25(42)28(44)37-22(16-20-12-13-20)26(43)29(45)36-11/h19-25,27H,12-18H2,1-11H3,(H,36,45)(H,37,44)(H2,38,39,47)/t21?,22?,23-,24?,25+,27-/m1/s1. The Morgan fingerprint density at radius 2 is 1.54 bits per heavy atom. The van der Waals surface area contributed by atoms with Crippen LogP contribution in [-0.4, -0.2) is 114 Å². The first-order valence-corrected chi connectivity index (χ1v) is 17.6. The summed E-state index contributed by atoms with van der Waals surface area (Å²) in [4.78, 5) is 85.4. The molecule has 2 saturated heterocycles. The molecule has 0 bridgehead atoms. The number of carbonyl (C=O) groups excluding carboxylic acids is 6. The number of likely N-dealkylation sites (N-methyl/N-ethyl adjacent to an activating group) is 1. The number of carbonyl (C=O) groups is 6. The monoisotopic (exact) mass is 673 g/mol. The van der Waals surface area contributed by atoms with Gasteiger partial charge < -0.3 is 36.0 Å². The largest absolute Gasteiger partial charge is 0.353 e. The second kappa shape index (κ2) is 13.5. The molecule has 48 heavy (non-hydrogen) atoms. The van der Waals surface area contributed by atoms with Gasteiger partial charge in [-0.05, 0) is 54.3 Å². The summed E-state index contributed by atoms with van der Waals surface area (Å²) in [6, 6.07) is -3.66. The molecule has 0 aromatic heterocycles. The number of hydrogen-bond donors (Lipinski definition) is 4. The van der Waals surface area contributed by atoms with Gasteiger partial charge in [-0.25, -0.2) is 9.59 Å². The van der Waals surface area contributed by atoms with Crippen molar-refractivity contribution < 1.29 is 28.8 Å². The molecule has 0 aromatic rings. The van der Waals surface area contributed by atoms with E-state index in [1.165, 1.54) is 7.05 Å². The molecule has 0 radical (unpaired) electrons. The molecule has 270 valence electrons. The van der Waals surface area contributed by atoms with Crippen LogP contribution >= 0.6 is 0 Å². The molecule has 6 atom stereocenters. The lowest BCUT2D eigenvalue weighted by atomic mass is 9.85. The molecule has 13 heteroatoms. The molecule has 0 aromatic carbocycles. The van der Waals surface area contributed by atoms with Crippen molar-refractivity contribution in [2.75, 3.05) is 33.2 Å². The van der Waals surface area contributed by atoms with Crippen molar-refractivity contribution >= 4 is 35.6 Å². The maximum atomic E-state index is 14.4.